The average molecular weight is 343 g/mol. The van der Waals surface area contributed by atoms with Gasteiger partial charge in [-0.05, 0) is 32.2 Å². The predicted octanol–water partition coefficient (Wildman–Crippen LogP) is 1.44. The van der Waals surface area contributed by atoms with Gasteiger partial charge in [-0.2, -0.15) is 0 Å². The number of aryl methyl sites for hydroxylation is 1. The minimum absolute atomic E-state index is 0. The van der Waals surface area contributed by atoms with E-state index in [-0.39, 0.29) is 24.4 Å². The first-order chi connectivity index (χ1) is 10.6. The van der Waals surface area contributed by atoms with E-state index in [1.165, 1.54) is 6.42 Å². The van der Waals surface area contributed by atoms with Crippen molar-refractivity contribution in [2.45, 2.75) is 39.3 Å². The molecular weight excluding hydrogens is 316 g/mol. The first kappa shape index (κ1) is 18.2. The van der Waals surface area contributed by atoms with Gasteiger partial charge in [0.05, 0.1) is 18.3 Å². The summed E-state index contributed by atoms with van der Waals surface area (Å²) in [5, 5.41) is 7.29. The average Bonchev–Trinajstić information content (AvgIpc) is 2.92. The molecule has 6 nitrogen and oxygen atoms in total. The fraction of sp³-hybridized carbons (Fsp3) is 0.750. The molecule has 0 radical (unpaired) electrons. The molecule has 2 fully saturated rings. The number of aromatic nitrogens is 1. The normalized spacial score (nSPS) is 25.9. The molecule has 3 heterocycles. The van der Waals surface area contributed by atoms with E-state index >= 15 is 0 Å². The molecule has 23 heavy (non-hydrogen) atoms. The number of carbonyl (C=O) groups is 1. The van der Waals surface area contributed by atoms with Gasteiger partial charge in [-0.1, -0.05) is 12.1 Å². The standard InChI is InChI=1S/C16H26N4O2.ClH/c1-12-3-4-17-15(9-12)16(21)20-7-5-19(6-8-20)11-14-10-13(2)18-22-14;/h10,12,15,17H,3-9,11H2,1-2H3;1H. The third-order valence-electron chi connectivity index (χ3n) is 4.70. The predicted molar refractivity (Wildman–Crippen MR) is 90.5 cm³/mol. The summed E-state index contributed by atoms with van der Waals surface area (Å²) in [5.41, 5.74) is 0.918. The van der Waals surface area contributed by atoms with Crippen LogP contribution in [-0.2, 0) is 11.3 Å². The maximum Gasteiger partial charge on any atom is 0.239 e. The van der Waals surface area contributed by atoms with Gasteiger partial charge < -0.3 is 14.7 Å². The van der Waals surface area contributed by atoms with Gasteiger partial charge in [0, 0.05) is 32.2 Å². The maximum atomic E-state index is 12.6. The molecule has 2 saturated heterocycles. The number of amides is 1. The van der Waals surface area contributed by atoms with Crippen LogP contribution in [0.25, 0.3) is 0 Å². The highest BCUT2D eigenvalue weighted by molar-refractivity contribution is 5.85. The van der Waals surface area contributed by atoms with Crippen LogP contribution in [0.15, 0.2) is 10.6 Å². The molecule has 1 N–H and O–H groups in total. The molecule has 1 amide bonds. The Labute approximate surface area is 144 Å². The van der Waals surface area contributed by atoms with Gasteiger partial charge in [0.1, 0.15) is 0 Å². The second-order valence-corrected chi connectivity index (χ2v) is 6.67. The molecule has 2 aliphatic rings. The van der Waals surface area contributed by atoms with Gasteiger partial charge in [0.25, 0.3) is 0 Å². The van der Waals surface area contributed by atoms with E-state index in [4.69, 9.17) is 4.52 Å². The van der Waals surface area contributed by atoms with E-state index in [9.17, 15) is 4.79 Å². The van der Waals surface area contributed by atoms with Gasteiger partial charge in [-0.15, -0.1) is 12.4 Å². The number of halogens is 1. The van der Waals surface area contributed by atoms with Crippen molar-refractivity contribution in [1.29, 1.82) is 0 Å². The number of carbonyl (C=O) groups excluding carboxylic acids is 1. The van der Waals surface area contributed by atoms with Gasteiger partial charge in [-0.25, -0.2) is 0 Å². The Kier molecular flexibility index (Phi) is 6.44. The lowest BCUT2D eigenvalue weighted by Gasteiger charge is -2.37. The molecule has 2 atom stereocenters. The number of nitrogens with one attached hydrogen (secondary N) is 1. The Morgan fingerprint density at radius 2 is 2.13 bits per heavy atom. The molecule has 0 bridgehead atoms. The highest BCUT2D eigenvalue weighted by Gasteiger charge is 2.30. The van der Waals surface area contributed by atoms with Crippen LogP contribution in [0, 0.1) is 12.8 Å². The largest absolute Gasteiger partial charge is 0.360 e. The summed E-state index contributed by atoms with van der Waals surface area (Å²) in [4.78, 5) is 16.9. The summed E-state index contributed by atoms with van der Waals surface area (Å²) in [5.74, 6) is 1.83. The van der Waals surface area contributed by atoms with Crippen LogP contribution in [0.4, 0.5) is 0 Å². The van der Waals surface area contributed by atoms with E-state index in [0.29, 0.717) is 5.92 Å². The third-order valence-corrected chi connectivity index (χ3v) is 4.70. The SMILES string of the molecule is Cc1cc(CN2CCN(C(=O)C3CC(C)CCN3)CC2)on1.Cl. The fourth-order valence-electron chi connectivity index (χ4n) is 3.35. The van der Waals surface area contributed by atoms with Crippen molar-refractivity contribution in [3.05, 3.63) is 17.5 Å². The van der Waals surface area contributed by atoms with Gasteiger partial charge >= 0.3 is 0 Å². The van der Waals surface area contributed by atoms with Crippen molar-refractivity contribution in [3.8, 4) is 0 Å². The molecule has 1 aromatic rings. The monoisotopic (exact) mass is 342 g/mol. The number of rotatable bonds is 3. The first-order valence-corrected chi connectivity index (χ1v) is 8.28. The van der Waals surface area contributed by atoms with Crippen molar-refractivity contribution in [2.24, 2.45) is 5.92 Å². The molecule has 0 spiro atoms. The van der Waals surface area contributed by atoms with Crippen LogP contribution >= 0.6 is 12.4 Å². The van der Waals surface area contributed by atoms with Crippen LogP contribution in [0.1, 0.15) is 31.2 Å². The van der Waals surface area contributed by atoms with E-state index in [1.54, 1.807) is 0 Å². The number of hydrogen-bond donors (Lipinski definition) is 1. The van der Waals surface area contributed by atoms with E-state index in [1.807, 2.05) is 17.9 Å². The lowest BCUT2D eigenvalue weighted by atomic mass is 9.93. The van der Waals surface area contributed by atoms with Crippen molar-refractivity contribution in [3.63, 3.8) is 0 Å². The molecule has 130 valence electrons. The summed E-state index contributed by atoms with van der Waals surface area (Å²) >= 11 is 0. The summed E-state index contributed by atoms with van der Waals surface area (Å²) in [6.07, 6.45) is 2.14. The Morgan fingerprint density at radius 1 is 1.39 bits per heavy atom. The molecule has 3 rings (SSSR count). The van der Waals surface area contributed by atoms with Crippen molar-refractivity contribution >= 4 is 18.3 Å². The molecule has 0 aromatic carbocycles. The minimum Gasteiger partial charge on any atom is -0.360 e. The van der Waals surface area contributed by atoms with Crippen molar-refractivity contribution in [2.75, 3.05) is 32.7 Å². The summed E-state index contributed by atoms with van der Waals surface area (Å²) in [7, 11) is 0. The van der Waals surface area contributed by atoms with E-state index in [0.717, 1.165) is 57.1 Å². The summed E-state index contributed by atoms with van der Waals surface area (Å²) in [6, 6.07) is 2.00. The highest BCUT2D eigenvalue weighted by Crippen LogP contribution is 2.18. The fourth-order valence-corrected chi connectivity index (χ4v) is 3.35. The van der Waals surface area contributed by atoms with Crippen LogP contribution in [0.2, 0.25) is 0 Å². The van der Waals surface area contributed by atoms with Crippen LogP contribution in [0.3, 0.4) is 0 Å². The molecular formula is C16H27ClN4O2. The summed E-state index contributed by atoms with van der Waals surface area (Å²) in [6.45, 7) is 9.31. The van der Waals surface area contributed by atoms with E-state index < -0.39 is 0 Å². The van der Waals surface area contributed by atoms with Crippen molar-refractivity contribution < 1.29 is 9.32 Å². The Bertz CT molecular complexity index is 514. The zero-order valence-electron chi connectivity index (χ0n) is 14.0. The molecule has 2 aliphatic heterocycles. The van der Waals surface area contributed by atoms with E-state index in [2.05, 4.69) is 22.3 Å². The highest BCUT2D eigenvalue weighted by atomic mass is 35.5. The Morgan fingerprint density at radius 3 is 2.74 bits per heavy atom. The topological polar surface area (TPSA) is 61.6 Å². The molecule has 0 aliphatic carbocycles. The zero-order valence-corrected chi connectivity index (χ0v) is 14.8. The molecule has 0 saturated carbocycles. The Balaban J connectivity index is 0.00000192. The Hall–Kier alpha value is -1.11. The first-order valence-electron chi connectivity index (χ1n) is 8.28. The molecule has 2 unspecified atom stereocenters. The van der Waals surface area contributed by atoms with Crippen LogP contribution in [0.5, 0.6) is 0 Å². The quantitative estimate of drug-likeness (QED) is 0.900. The number of piperazine rings is 1. The molecule has 1 aromatic heterocycles. The van der Waals surface area contributed by atoms with Gasteiger partial charge in [0.2, 0.25) is 5.91 Å². The number of nitrogens with zero attached hydrogens (tertiary/aromatic N) is 3. The smallest absolute Gasteiger partial charge is 0.239 e. The van der Waals surface area contributed by atoms with Crippen LogP contribution in [-0.4, -0.2) is 59.6 Å². The maximum absolute atomic E-state index is 12.6. The van der Waals surface area contributed by atoms with Crippen LogP contribution < -0.4 is 5.32 Å². The van der Waals surface area contributed by atoms with Gasteiger partial charge in [-0.3, -0.25) is 9.69 Å². The zero-order chi connectivity index (χ0) is 15.5. The minimum atomic E-state index is 0. The molecule has 7 heteroatoms. The van der Waals surface area contributed by atoms with Crippen molar-refractivity contribution in [1.82, 2.24) is 20.3 Å². The lowest BCUT2D eigenvalue weighted by molar-refractivity contribution is -0.136. The third kappa shape index (κ3) is 4.68. The second kappa shape index (κ2) is 8.13. The number of piperidine rings is 1. The number of hydrogen-bond acceptors (Lipinski definition) is 5. The second-order valence-electron chi connectivity index (χ2n) is 6.67. The summed E-state index contributed by atoms with van der Waals surface area (Å²) < 4.78 is 5.27. The van der Waals surface area contributed by atoms with Gasteiger partial charge in [0.15, 0.2) is 5.76 Å². The lowest BCUT2D eigenvalue weighted by Crippen LogP contribution is -2.55.